The molecule has 0 aliphatic rings. The van der Waals surface area contributed by atoms with Gasteiger partial charge in [0.1, 0.15) is 5.75 Å². The van der Waals surface area contributed by atoms with Crippen LogP contribution < -0.4 is 10.1 Å². The molecule has 1 unspecified atom stereocenters. The molecule has 2 aromatic rings. The van der Waals surface area contributed by atoms with Crippen molar-refractivity contribution < 1.29 is 4.74 Å². The van der Waals surface area contributed by atoms with Crippen molar-refractivity contribution in [3.63, 3.8) is 0 Å². The summed E-state index contributed by atoms with van der Waals surface area (Å²) in [6.45, 7) is 5.94. The lowest BCUT2D eigenvalue weighted by Gasteiger charge is -2.18. The van der Waals surface area contributed by atoms with Crippen LogP contribution in [0.3, 0.4) is 0 Å². The second-order valence-corrected chi connectivity index (χ2v) is 6.74. The van der Waals surface area contributed by atoms with Gasteiger partial charge in [-0.25, -0.2) is 0 Å². The number of hydrogen-bond donors (Lipinski definition) is 1. The number of thiophene rings is 1. The Kier molecular flexibility index (Phi) is 6.55. The summed E-state index contributed by atoms with van der Waals surface area (Å²) in [5, 5.41) is 3.55. The van der Waals surface area contributed by atoms with Gasteiger partial charge in [0.2, 0.25) is 0 Å². The Morgan fingerprint density at radius 2 is 2.10 bits per heavy atom. The van der Waals surface area contributed by atoms with Crippen molar-refractivity contribution in [2.45, 2.75) is 32.7 Å². The van der Waals surface area contributed by atoms with Gasteiger partial charge in [-0.15, -0.1) is 11.3 Å². The van der Waals surface area contributed by atoms with Crippen molar-refractivity contribution in [2.24, 2.45) is 0 Å². The highest BCUT2D eigenvalue weighted by atomic mass is 35.5. The predicted octanol–water partition coefficient (Wildman–Crippen LogP) is 5.08. The zero-order chi connectivity index (χ0) is 15.1. The highest BCUT2D eigenvalue weighted by Gasteiger charge is 2.13. The van der Waals surface area contributed by atoms with Crippen molar-refractivity contribution in [3.05, 3.63) is 51.2 Å². The number of ether oxygens (including phenoxy) is 1. The number of halogens is 1. The second kappa shape index (κ2) is 8.42. The number of likely N-dealkylation sites (N-methyl/N-ethyl adjacent to an activating group) is 1. The van der Waals surface area contributed by atoms with E-state index in [1.54, 1.807) is 11.3 Å². The first-order valence-electron chi connectivity index (χ1n) is 7.43. The molecule has 1 N–H and O–H groups in total. The summed E-state index contributed by atoms with van der Waals surface area (Å²) in [6.07, 6.45) is 1.97. The molecule has 2 nitrogen and oxygen atoms in total. The Morgan fingerprint density at radius 1 is 1.24 bits per heavy atom. The van der Waals surface area contributed by atoms with E-state index >= 15 is 0 Å². The molecule has 0 fully saturated rings. The minimum atomic E-state index is 0.287. The van der Waals surface area contributed by atoms with Crippen LogP contribution in [0.4, 0.5) is 0 Å². The molecule has 21 heavy (non-hydrogen) atoms. The van der Waals surface area contributed by atoms with E-state index in [4.69, 9.17) is 16.3 Å². The first kappa shape index (κ1) is 16.3. The molecular weight excluding hydrogens is 302 g/mol. The topological polar surface area (TPSA) is 21.3 Å². The zero-order valence-electron chi connectivity index (χ0n) is 12.6. The van der Waals surface area contributed by atoms with Crippen molar-refractivity contribution in [1.82, 2.24) is 5.32 Å². The molecule has 0 amide bonds. The normalized spacial score (nSPS) is 12.3. The standard InChI is InChI=1S/C17H22ClNOS/c1-3-10-20-14-7-5-6-13(11-14)16(19-4-2)12-15-8-9-17(18)21-15/h5-9,11,16,19H,3-4,10,12H2,1-2H3. The number of benzene rings is 1. The summed E-state index contributed by atoms with van der Waals surface area (Å²) >= 11 is 7.68. The maximum Gasteiger partial charge on any atom is 0.119 e. The van der Waals surface area contributed by atoms with Crippen LogP contribution in [0, 0.1) is 0 Å². The van der Waals surface area contributed by atoms with E-state index in [0.717, 1.165) is 36.1 Å². The number of rotatable bonds is 8. The molecule has 1 atom stereocenters. The van der Waals surface area contributed by atoms with Gasteiger partial charge in [-0.2, -0.15) is 0 Å². The lowest BCUT2D eigenvalue weighted by atomic mass is 10.0. The van der Waals surface area contributed by atoms with Crippen LogP contribution in [0.2, 0.25) is 4.34 Å². The molecule has 0 aliphatic carbocycles. The van der Waals surface area contributed by atoms with Gasteiger partial charge in [-0.1, -0.05) is 37.6 Å². The van der Waals surface area contributed by atoms with Crippen molar-refractivity contribution >= 4 is 22.9 Å². The molecule has 0 saturated carbocycles. The monoisotopic (exact) mass is 323 g/mol. The zero-order valence-corrected chi connectivity index (χ0v) is 14.1. The van der Waals surface area contributed by atoms with Crippen molar-refractivity contribution in [1.29, 1.82) is 0 Å². The van der Waals surface area contributed by atoms with Crippen LogP contribution in [-0.2, 0) is 6.42 Å². The highest BCUT2D eigenvalue weighted by Crippen LogP contribution is 2.28. The van der Waals surface area contributed by atoms with E-state index in [1.165, 1.54) is 10.4 Å². The Hall–Kier alpha value is -1.03. The third-order valence-electron chi connectivity index (χ3n) is 3.22. The molecule has 0 saturated heterocycles. The molecule has 0 aliphatic heterocycles. The fourth-order valence-electron chi connectivity index (χ4n) is 2.26. The van der Waals surface area contributed by atoms with Crippen molar-refractivity contribution in [2.75, 3.05) is 13.2 Å². The van der Waals surface area contributed by atoms with E-state index in [-0.39, 0.29) is 6.04 Å². The fraction of sp³-hybridized carbons (Fsp3) is 0.412. The van der Waals surface area contributed by atoms with E-state index < -0.39 is 0 Å². The fourth-order valence-corrected chi connectivity index (χ4v) is 3.39. The van der Waals surface area contributed by atoms with E-state index in [9.17, 15) is 0 Å². The highest BCUT2D eigenvalue weighted by molar-refractivity contribution is 7.16. The van der Waals surface area contributed by atoms with Crippen LogP contribution in [0.1, 0.15) is 36.8 Å². The first-order chi connectivity index (χ1) is 10.2. The maximum atomic E-state index is 6.03. The lowest BCUT2D eigenvalue weighted by Crippen LogP contribution is -2.22. The molecule has 1 aromatic heterocycles. The molecular formula is C17H22ClNOS. The molecule has 114 valence electrons. The summed E-state index contributed by atoms with van der Waals surface area (Å²) in [4.78, 5) is 1.30. The third kappa shape index (κ3) is 5.03. The quantitative estimate of drug-likeness (QED) is 0.731. The van der Waals surface area contributed by atoms with Crippen LogP contribution in [0.15, 0.2) is 36.4 Å². The van der Waals surface area contributed by atoms with Crippen LogP contribution in [-0.4, -0.2) is 13.2 Å². The number of hydrogen-bond acceptors (Lipinski definition) is 3. The summed E-state index contributed by atoms with van der Waals surface area (Å²) in [7, 11) is 0. The Balaban J connectivity index is 2.13. The van der Waals surface area contributed by atoms with Crippen molar-refractivity contribution in [3.8, 4) is 5.75 Å². The lowest BCUT2D eigenvalue weighted by molar-refractivity contribution is 0.316. The molecule has 0 bridgehead atoms. The van der Waals surface area contributed by atoms with Gasteiger partial charge in [-0.05, 0) is 42.8 Å². The maximum absolute atomic E-state index is 6.03. The molecule has 0 radical (unpaired) electrons. The van der Waals surface area contributed by atoms with Gasteiger partial charge in [-0.3, -0.25) is 0 Å². The molecule has 1 aromatic carbocycles. The van der Waals surface area contributed by atoms with Crippen LogP contribution in [0.5, 0.6) is 5.75 Å². The Bertz CT molecular complexity index is 555. The summed E-state index contributed by atoms with van der Waals surface area (Å²) in [5.41, 5.74) is 1.26. The molecule has 4 heteroatoms. The average Bonchev–Trinajstić information content (AvgIpc) is 2.90. The van der Waals surface area contributed by atoms with E-state index in [2.05, 4.69) is 43.4 Å². The van der Waals surface area contributed by atoms with E-state index in [1.807, 2.05) is 12.1 Å². The first-order valence-corrected chi connectivity index (χ1v) is 8.62. The van der Waals surface area contributed by atoms with Crippen LogP contribution >= 0.6 is 22.9 Å². The largest absolute Gasteiger partial charge is 0.494 e. The number of nitrogens with one attached hydrogen (secondary N) is 1. The summed E-state index contributed by atoms with van der Waals surface area (Å²) in [6, 6.07) is 12.7. The van der Waals surface area contributed by atoms with Gasteiger partial charge in [0.25, 0.3) is 0 Å². The minimum absolute atomic E-state index is 0.287. The SMILES string of the molecule is CCCOc1cccc(C(Cc2ccc(Cl)s2)NCC)c1. The third-order valence-corrected chi connectivity index (χ3v) is 4.47. The second-order valence-electron chi connectivity index (χ2n) is 4.94. The Labute approximate surface area is 136 Å². The predicted molar refractivity (Wildman–Crippen MR) is 91.7 cm³/mol. The average molecular weight is 324 g/mol. The molecule has 0 spiro atoms. The summed E-state index contributed by atoms with van der Waals surface area (Å²) in [5.74, 6) is 0.946. The van der Waals surface area contributed by atoms with Gasteiger partial charge in [0, 0.05) is 17.3 Å². The Morgan fingerprint density at radius 3 is 2.76 bits per heavy atom. The smallest absolute Gasteiger partial charge is 0.119 e. The van der Waals surface area contributed by atoms with E-state index in [0.29, 0.717) is 0 Å². The van der Waals surface area contributed by atoms with Gasteiger partial charge in [0.05, 0.1) is 10.9 Å². The van der Waals surface area contributed by atoms with Gasteiger partial charge in [0.15, 0.2) is 0 Å². The van der Waals surface area contributed by atoms with Crippen LogP contribution in [0.25, 0.3) is 0 Å². The molecule has 1 heterocycles. The summed E-state index contributed by atoms with van der Waals surface area (Å²) < 4.78 is 6.58. The molecule has 2 rings (SSSR count). The van der Waals surface area contributed by atoms with Gasteiger partial charge >= 0.3 is 0 Å². The minimum Gasteiger partial charge on any atom is -0.494 e. The van der Waals surface area contributed by atoms with Gasteiger partial charge < -0.3 is 10.1 Å².